The topological polar surface area (TPSA) is 72.2 Å². The molecule has 27 heavy (non-hydrogen) atoms. The van der Waals surface area contributed by atoms with Gasteiger partial charge in [0.1, 0.15) is 12.1 Å². The fraction of sp³-hybridized carbons (Fsp3) is 0.450. The van der Waals surface area contributed by atoms with Crippen molar-refractivity contribution in [1.82, 2.24) is 24.6 Å². The lowest BCUT2D eigenvalue weighted by Crippen LogP contribution is -2.35. The summed E-state index contributed by atoms with van der Waals surface area (Å²) in [6.45, 7) is 3.91. The molecule has 0 bridgehead atoms. The number of carbonyl (C=O) groups is 1. The predicted molar refractivity (Wildman–Crippen MR) is 106 cm³/mol. The van der Waals surface area contributed by atoms with Crippen molar-refractivity contribution in [1.29, 1.82) is 0 Å². The first-order valence-electron chi connectivity index (χ1n) is 9.57. The second kappa shape index (κ2) is 7.52. The number of rotatable bonds is 6. The van der Waals surface area contributed by atoms with E-state index in [0.717, 1.165) is 42.3 Å². The molecule has 3 heterocycles. The van der Waals surface area contributed by atoms with Crippen LogP contribution in [0.4, 0.5) is 0 Å². The highest BCUT2D eigenvalue weighted by molar-refractivity contribution is 6.07. The van der Waals surface area contributed by atoms with Crippen LogP contribution in [0.1, 0.15) is 19.3 Å². The summed E-state index contributed by atoms with van der Waals surface area (Å²) in [5.41, 5.74) is 1.32. The minimum absolute atomic E-state index is 0.0555. The Morgan fingerprint density at radius 2 is 1.96 bits per heavy atom. The van der Waals surface area contributed by atoms with Crippen molar-refractivity contribution in [2.75, 3.05) is 26.2 Å². The van der Waals surface area contributed by atoms with Crippen LogP contribution >= 0.6 is 0 Å². The first-order valence-corrected chi connectivity index (χ1v) is 9.57. The lowest BCUT2D eigenvalue weighted by molar-refractivity contribution is -0.121. The Bertz CT molecular complexity index is 1030. The summed E-state index contributed by atoms with van der Waals surface area (Å²) < 4.78 is 3.12. The lowest BCUT2D eigenvalue weighted by atomic mass is 10.2. The van der Waals surface area contributed by atoms with Gasteiger partial charge in [-0.05, 0) is 45.0 Å². The highest BCUT2D eigenvalue weighted by atomic mass is 16.2. The molecule has 1 N–H and O–H groups in total. The molecule has 0 saturated carbocycles. The fourth-order valence-electron chi connectivity index (χ4n) is 3.96. The summed E-state index contributed by atoms with van der Waals surface area (Å²) in [6.07, 6.45) is 5.16. The Hall–Kier alpha value is -2.67. The maximum atomic E-state index is 12.9. The van der Waals surface area contributed by atoms with Gasteiger partial charge in [0, 0.05) is 29.9 Å². The summed E-state index contributed by atoms with van der Waals surface area (Å²) in [5.74, 6) is -0.177. The Balaban J connectivity index is 1.45. The Kier molecular flexibility index (Phi) is 4.94. The van der Waals surface area contributed by atoms with Crippen molar-refractivity contribution in [2.45, 2.75) is 25.8 Å². The largest absolute Gasteiger partial charge is 0.354 e. The second-order valence-electron chi connectivity index (χ2n) is 7.20. The molecule has 1 aliphatic heterocycles. The first-order chi connectivity index (χ1) is 13.1. The smallest absolute Gasteiger partial charge is 0.291 e. The zero-order valence-electron chi connectivity index (χ0n) is 15.6. The quantitative estimate of drug-likeness (QED) is 0.670. The van der Waals surface area contributed by atoms with Crippen molar-refractivity contribution in [3.05, 3.63) is 40.8 Å². The number of benzene rings is 1. The van der Waals surface area contributed by atoms with Crippen molar-refractivity contribution in [3.8, 4) is 0 Å². The normalized spacial score (nSPS) is 15.0. The van der Waals surface area contributed by atoms with Gasteiger partial charge < -0.3 is 14.8 Å². The fourth-order valence-corrected chi connectivity index (χ4v) is 3.96. The molecule has 0 aliphatic carbocycles. The van der Waals surface area contributed by atoms with Crippen molar-refractivity contribution >= 4 is 27.7 Å². The van der Waals surface area contributed by atoms with E-state index in [1.807, 2.05) is 35.9 Å². The third-order valence-corrected chi connectivity index (χ3v) is 5.37. The van der Waals surface area contributed by atoms with Gasteiger partial charge in [-0.25, -0.2) is 4.68 Å². The molecule has 4 rings (SSSR count). The van der Waals surface area contributed by atoms with Crippen LogP contribution in [0, 0.1) is 0 Å². The maximum Gasteiger partial charge on any atom is 0.291 e. The van der Waals surface area contributed by atoms with E-state index in [4.69, 9.17) is 0 Å². The Morgan fingerprint density at radius 3 is 2.78 bits per heavy atom. The molecule has 1 amide bonds. The molecule has 142 valence electrons. The number of likely N-dealkylation sites (tertiary alicyclic amines) is 1. The van der Waals surface area contributed by atoms with E-state index in [2.05, 4.69) is 15.3 Å². The summed E-state index contributed by atoms with van der Waals surface area (Å²) >= 11 is 0. The molecule has 0 radical (unpaired) electrons. The number of hydrogen-bond donors (Lipinski definition) is 1. The molecule has 7 heteroatoms. The summed E-state index contributed by atoms with van der Waals surface area (Å²) in [7, 11) is 1.87. The molecule has 0 atom stereocenters. The van der Waals surface area contributed by atoms with E-state index in [1.165, 1.54) is 17.5 Å². The van der Waals surface area contributed by atoms with Crippen molar-refractivity contribution in [3.63, 3.8) is 0 Å². The molecular weight excluding hydrogens is 342 g/mol. The zero-order valence-corrected chi connectivity index (χ0v) is 15.6. The van der Waals surface area contributed by atoms with E-state index in [1.54, 1.807) is 6.20 Å². The van der Waals surface area contributed by atoms with E-state index < -0.39 is 0 Å². The van der Waals surface area contributed by atoms with Gasteiger partial charge >= 0.3 is 0 Å². The van der Waals surface area contributed by atoms with Gasteiger partial charge in [0.2, 0.25) is 5.91 Å². The van der Waals surface area contributed by atoms with Crippen LogP contribution in [0.15, 0.2) is 35.3 Å². The van der Waals surface area contributed by atoms with E-state index >= 15 is 0 Å². The number of aromatic nitrogens is 3. The minimum atomic E-state index is -0.238. The number of amides is 1. The van der Waals surface area contributed by atoms with E-state index in [9.17, 15) is 9.59 Å². The molecule has 0 unspecified atom stereocenters. The summed E-state index contributed by atoms with van der Waals surface area (Å²) in [4.78, 5) is 27.5. The van der Waals surface area contributed by atoms with Crippen LogP contribution in [0.3, 0.4) is 0 Å². The molecule has 1 aromatic carbocycles. The minimum Gasteiger partial charge on any atom is -0.354 e. The number of nitrogens with zero attached hydrogens (tertiary/aromatic N) is 4. The van der Waals surface area contributed by atoms with Crippen LogP contribution in [0.25, 0.3) is 21.8 Å². The summed E-state index contributed by atoms with van der Waals surface area (Å²) in [5, 5.41) is 8.94. The predicted octanol–water partition coefficient (Wildman–Crippen LogP) is 1.49. The van der Waals surface area contributed by atoms with Crippen LogP contribution < -0.4 is 10.9 Å². The molecule has 3 aromatic rings. The highest BCUT2D eigenvalue weighted by Crippen LogP contribution is 2.24. The van der Waals surface area contributed by atoms with Crippen LogP contribution in [-0.2, 0) is 18.4 Å². The van der Waals surface area contributed by atoms with Crippen LogP contribution in [0.2, 0.25) is 0 Å². The molecule has 1 aliphatic rings. The summed E-state index contributed by atoms with van der Waals surface area (Å²) in [6, 6.07) is 7.86. The Labute approximate surface area is 157 Å². The first kappa shape index (κ1) is 17.7. The van der Waals surface area contributed by atoms with Gasteiger partial charge in [0.15, 0.2) is 0 Å². The standard InChI is InChI=1S/C20H25N5O2/c1-23-17-8-3-2-7-15(17)16-13-22-25(20(27)19(16)23)14-18(26)21-9-6-12-24-10-4-5-11-24/h2-3,7-8,13H,4-6,9-12,14H2,1H3,(H,21,26). The molecule has 1 fully saturated rings. The average Bonchev–Trinajstić information content (AvgIpc) is 3.29. The molecule has 1 saturated heterocycles. The number of para-hydroxylation sites is 1. The monoisotopic (exact) mass is 367 g/mol. The van der Waals surface area contributed by atoms with Gasteiger partial charge in [-0.3, -0.25) is 9.59 Å². The number of fused-ring (bicyclic) bond motifs is 3. The Morgan fingerprint density at radius 1 is 1.19 bits per heavy atom. The van der Waals surface area contributed by atoms with Gasteiger partial charge in [-0.2, -0.15) is 5.10 Å². The maximum absolute atomic E-state index is 12.9. The molecular formula is C20H25N5O2. The highest BCUT2D eigenvalue weighted by Gasteiger charge is 2.15. The third kappa shape index (κ3) is 3.47. The van der Waals surface area contributed by atoms with E-state index in [-0.39, 0.29) is 18.0 Å². The van der Waals surface area contributed by atoms with Crippen molar-refractivity contribution in [2.24, 2.45) is 7.05 Å². The van der Waals surface area contributed by atoms with Crippen LogP contribution in [-0.4, -0.2) is 51.3 Å². The van der Waals surface area contributed by atoms with E-state index in [0.29, 0.717) is 12.1 Å². The van der Waals surface area contributed by atoms with Crippen molar-refractivity contribution < 1.29 is 4.79 Å². The number of hydrogen-bond acceptors (Lipinski definition) is 4. The van der Waals surface area contributed by atoms with Gasteiger partial charge in [-0.1, -0.05) is 18.2 Å². The second-order valence-corrected chi connectivity index (χ2v) is 7.20. The van der Waals surface area contributed by atoms with Crippen LogP contribution in [0.5, 0.6) is 0 Å². The SMILES string of the molecule is Cn1c2ccccc2c2cnn(CC(=O)NCCCN3CCCC3)c(=O)c21. The number of nitrogens with one attached hydrogen (secondary N) is 1. The zero-order chi connectivity index (χ0) is 18.8. The van der Waals surface area contributed by atoms with Gasteiger partial charge in [0.05, 0.1) is 6.20 Å². The van der Waals surface area contributed by atoms with Gasteiger partial charge in [-0.15, -0.1) is 0 Å². The number of carbonyl (C=O) groups excluding carboxylic acids is 1. The third-order valence-electron chi connectivity index (χ3n) is 5.37. The van der Waals surface area contributed by atoms with Gasteiger partial charge in [0.25, 0.3) is 5.56 Å². The number of aryl methyl sites for hydroxylation is 1. The molecule has 7 nitrogen and oxygen atoms in total. The average molecular weight is 367 g/mol. The molecule has 0 spiro atoms. The molecule has 2 aromatic heterocycles. The lowest BCUT2D eigenvalue weighted by Gasteiger charge is -2.14.